The first-order valence-electron chi connectivity index (χ1n) is 7.48. The molecule has 4 rings (SSSR count). The van der Waals surface area contributed by atoms with Gasteiger partial charge in [0, 0.05) is 19.4 Å². The zero-order chi connectivity index (χ0) is 16.5. The fourth-order valence-corrected chi connectivity index (χ4v) is 3.26. The molecule has 0 saturated carbocycles. The van der Waals surface area contributed by atoms with Gasteiger partial charge in [-0.25, -0.2) is 4.98 Å². The number of nitrogens with one attached hydrogen (secondary N) is 1. The second kappa shape index (κ2) is 5.93. The summed E-state index contributed by atoms with van der Waals surface area (Å²) in [5.74, 6) is -0.133. The van der Waals surface area contributed by atoms with E-state index in [0.29, 0.717) is 12.2 Å². The molecule has 0 atom stereocenters. The number of H-pyrrole nitrogens is 1. The Balaban J connectivity index is 1.51. The highest BCUT2D eigenvalue weighted by atomic mass is 32.1. The van der Waals surface area contributed by atoms with Crippen LogP contribution >= 0.6 is 11.3 Å². The summed E-state index contributed by atoms with van der Waals surface area (Å²) in [6.45, 7) is 0.432. The number of hydrogen-bond donors (Lipinski definition) is 1. The SMILES string of the molecule is CN(Cc1cn2ccccc2n1)C(=O)c1cc(-c2cccs2)[nH]n1. The first kappa shape index (κ1) is 14.6. The van der Waals surface area contributed by atoms with Crippen LogP contribution in [0.3, 0.4) is 0 Å². The van der Waals surface area contributed by atoms with Gasteiger partial charge in [-0.1, -0.05) is 12.1 Å². The number of fused-ring (bicyclic) bond motifs is 1. The van der Waals surface area contributed by atoms with Gasteiger partial charge in [-0.3, -0.25) is 9.89 Å². The number of imidazole rings is 1. The first-order valence-corrected chi connectivity index (χ1v) is 8.36. The van der Waals surface area contributed by atoms with Gasteiger partial charge in [0.05, 0.1) is 22.8 Å². The molecule has 4 heterocycles. The molecule has 0 aromatic carbocycles. The number of carbonyl (C=O) groups is 1. The predicted molar refractivity (Wildman–Crippen MR) is 92.9 cm³/mol. The Morgan fingerprint density at radius 2 is 2.25 bits per heavy atom. The highest BCUT2D eigenvalue weighted by Crippen LogP contribution is 2.23. The van der Waals surface area contributed by atoms with Crippen LogP contribution in [-0.4, -0.2) is 37.4 Å². The lowest BCUT2D eigenvalue weighted by Gasteiger charge is -2.13. The van der Waals surface area contributed by atoms with Gasteiger partial charge >= 0.3 is 0 Å². The van der Waals surface area contributed by atoms with Crippen LogP contribution in [0.4, 0.5) is 0 Å². The number of nitrogens with zero attached hydrogens (tertiary/aromatic N) is 4. The van der Waals surface area contributed by atoms with Gasteiger partial charge in [-0.2, -0.15) is 5.10 Å². The van der Waals surface area contributed by atoms with Crippen LogP contribution in [0.25, 0.3) is 16.2 Å². The van der Waals surface area contributed by atoms with E-state index in [2.05, 4.69) is 15.2 Å². The van der Waals surface area contributed by atoms with Gasteiger partial charge in [0.25, 0.3) is 5.91 Å². The fraction of sp³-hybridized carbons (Fsp3) is 0.118. The number of carbonyl (C=O) groups excluding carboxylic acids is 1. The average Bonchev–Trinajstić information content (AvgIpc) is 3.32. The summed E-state index contributed by atoms with van der Waals surface area (Å²) in [5, 5.41) is 9.06. The number of pyridine rings is 1. The van der Waals surface area contributed by atoms with Crippen molar-refractivity contribution in [2.45, 2.75) is 6.54 Å². The third kappa shape index (κ3) is 2.69. The molecule has 6 nitrogen and oxygen atoms in total. The Labute approximate surface area is 142 Å². The molecule has 4 aromatic heterocycles. The summed E-state index contributed by atoms with van der Waals surface area (Å²) in [6, 6.07) is 11.6. The van der Waals surface area contributed by atoms with Gasteiger partial charge in [0.1, 0.15) is 5.65 Å². The maximum Gasteiger partial charge on any atom is 0.274 e. The van der Waals surface area contributed by atoms with E-state index in [1.165, 1.54) is 0 Å². The third-order valence-electron chi connectivity index (χ3n) is 3.74. The highest BCUT2D eigenvalue weighted by molar-refractivity contribution is 7.13. The molecule has 24 heavy (non-hydrogen) atoms. The van der Waals surface area contributed by atoms with Crippen LogP contribution in [0.1, 0.15) is 16.2 Å². The van der Waals surface area contributed by atoms with Gasteiger partial charge in [-0.15, -0.1) is 11.3 Å². The molecule has 0 bridgehead atoms. The van der Waals surface area contributed by atoms with Crippen LogP contribution in [0.5, 0.6) is 0 Å². The molecule has 0 saturated heterocycles. The van der Waals surface area contributed by atoms with Crippen molar-refractivity contribution in [2.24, 2.45) is 0 Å². The third-order valence-corrected chi connectivity index (χ3v) is 4.65. The predicted octanol–water partition coefficient (Wildman–Crippen LogP) is 3.06. The van der Waals surface area contributed by atoms with E-state index in [4.69, 9.17) is 0 Å². The van der Waals surface area contributed by atoms with Crippen molar-refractivity contribution < 1.29 is 4.79 Å². The second-order valence-corrected chi connectivity index (χ2v) is 6.45. The van der Waals surface area contributed by atoms with Crippen LogP contribution in [-0.2, 0) is 6.54 Å². The van der Waals surface area contributed by atoms with E-state index in [-0.39, 0.29) is 5.91 Å². The van der Waals surface area contributed by atoms with E-state index < -0.39 is 0 Å². The number of amides is 1. The van der Waals surface area contributed by atoms with Gasteiger partial charge in [-0.05, 0) is 29.6 Å². The first-order chi connectivity index (χ1) is 11.7. The van der Waals surface area contributed by atoms with Crippen molar-refractivity contribution in [3.63, 3.8) is 0 Å². The minimum atomic E-state index is -0.133. The lowest BCUT2D eigenvalue weighted by Crippen LogP contribution is -2.26. The number of hydrogen-bond acceptors (Lipinski definition) is 4. The Morgan fingerprint density at radius 3 is 3.04 bits per heavy atom. The molecule has 7 heteroatoms. The summed E-state index contributed by atoms with van der Waals surface area (Å²) in [7, 11) is 1.76. The molecular weight excluding hydrogens is 322 g/mol. The van der Waals surface area contributed by atoms with Crippen LogP contribution in [0.2, 0.25) is 0 Å². The van der Waals surface area contributed by atoms with Crippen molar-refractivity contribution in [1.29, 1.82) is 0 Å². The van der Waals surface area contributed by atoms with Crippen LogP contribution in [0, 0.1) is 0 Å². The maximum atomic E-state index is 12.6. The van der Waals surface area contributed by atoms with Gasteiger partial charge in [0.2, 0.25) is 0 Å². The van der Waals surface area contributed by atoms with Crippen molar-refractivity contribution >= 4 is 22.9 Å². The Morgan fingerprint density at radius 1 is 1.33 bits per heavy atom. The summed E-state index contributed by atoms with van der Waals surface area (Å²) in [6.07, 6.45) is 3.87. The smallest absolute Gasteiger partial charge is 0.274 e. The number of aromatic amines is 1. The largest absolute Gasteiger partial charge is 0.334 e. The molecular formula is C17H15N5OS. The lowest BCUT2D eigenvalue weighted by atomic mass is 10.3. The van der Waals surface area contributed by atoms with E-state index in [0.717, 1.165) is 21.9 Å². The van der Waals surface area contributed by atoms with Crippen molar-refractivity contribution in [1.82, 2.24) is 24.5 Å². The Bertz CT molecular complexity index is 952. The molecule has 0 aliphatic rings. The zero-order valence-electron chi connectivity index (χ0n) is 13.0. The van der Waals surface area contributed by atoms with Gasteiger partial charge in [0.15, 0.2) is 5.69 Å². The molecule has 0 radical (unpaired) electrons. The standard InChI is InChI=1S/C17H15N5OS/c1-21(10-12-11-22-7-3-2-6-16(22)18-12)17(23)14-9-13(19-20-14)15-5-4-8-24-15/h2-9,11H,10H2,1H3,(H,19,20). The summed E-state index contributed by atoms with van der Waals surface area (Å²) >= 11 is 1.61. The molecule has 0 aliphatic heterocycles. The van der Waals surface area contributed by atoms with E-state index >= 15 is 0 Å². The fourth-order valence-electron chi connectivity index (χ4n) is 2.56. The minimum absolute atomic E-state index is 0.133. The molecule has 0 spiro atoms. The van der Waals surface area contributed by atoms with Crippen molar-refractivity contribution in [3.8, 4) is 10.6 Å². The Kier molecular flexibility index (Phi) is 3.62. The topological polar surface area (TPSA) is 66.3 Å². The quantitative estimate of drug-likeness (QED) is 0.622. The minimum Gasteiger partial charge on any atom is -0.334 e. The van der Waals surface area contributed by atoms with E-state index in [9.17, 15) is 4.79 Å². The van der Waals surface area contributed by atoms with E-state index in [1.807, 2.05) is 52.5 Å². The highest BCUT2D eigenvalue weighted by Gasteiger charge is 2.17. The molecule has 0 fully saturated rings. The molecule has 0 aliphatic carbocycles. The second-order valence-electron chi connectivity index (χ2n) is 5.50. The molecule has 0 unspecified atom stereocenters. The summed E-state index contributed by atoms with van der Waals surface area (Å²) in [5.41, 5.74) is 2.97. The molecule has 1 N–H and O–H groups in total. The molecule has 4 aromatic rings. The maximum absolute atomic E-state index is 12.6. The summed E-state index contributed by atoms with van der Waals surface area (Å²) in [4.78, 5) is 19.8. The van der Waals surface area contributed by atoms with Crippen LogP contribution < -0.4 is 0 Å². The van der Waals surface area contributed by atoms with Crippen LogP contribution in [0.15, 0.2) is 54.2 Å². The molecule has 1 amide bonds. The monoisotopic (exact) mass is 337 g/mol. The van der Waals surface area contributed by atoms with E-state index in [1.54, 1.807) is 29.4 Å². The van der Waals surface area contributed by atoms with Crippen molar-refractivity contribution in [3.05, 3.63) is 65.6 Å². The normalized spacial score (nSPS) is 11.0. The lowest BCUT2D eigenvalue weighted by molar-refractivity contribution is 0.0778. The number of aromatic nitrogens is 4. The molecule has 120 valence electrons. The average molecular weight is 337 g/mol. The number of thiophene rings is 1. The zero-order valence-corrected chi connectivity index (χ0v) is 13.8. The van der Waals surface area contributed by atoms with Gasteiger partial charge < -0.3 is 9.30 Å². The Hall–Kier alpha value is -2.93. The summed E-state index contributed by atoms with van der Waals surface area (Å²) < 4.78 is 1.94. The van der Waals surface area contributed by atoms with Crippen molar-refractivity contribution in [2.75, 3.05) is 7.05 Å². The number of rotatable bonds is 4.